The summed E-state index contributed by atoms with van der Waals surface area (Å²) >= 11 is 0. The Kier molecular flexibility index (Phi) is 8.53. The molecule has 0 spiro atoms. The predicted molar refractivity (Wildman–Crippen MR) is 118 cm³/mol. The second-order valence-corrected chi connectivity index (χ2v) is 6.83. The minimum atomic E-state index is 0. The Morgan fingerprint density at radius 3 is 2.70 bits per heavy atom. The van der Waals surface area contributed by atoms with Crippen LogP contribution < -0.4 is 5.32 Å². The summed E-state index contributed by atoms with van der Waals surface area (Å²) in [7, 11) is 0. The molecule has 1 N–H and O–H groups in total. The first-order chi connectivity index (χ1) is 12.7. The van der Waals surface area contributed by atoms with Crippen LogP contribution in [0.1, 0.15) is 49.9 Å². The largest absolute Gasteiger partial charge is 0.357 e. The van der Waals surface area contributed by atoms with Gasteiger partial charge in [-0.3, -0.25) is 0 Å². The summed E-state index contributed by atoms with van der Waals surface area (Å²) in [4.78, 5) is 11.3. The summed E-state index contributed by atoms with van der Waals surface area (Å²) in [6.07, 6.45) is 2.31. The number of hydrogen-bond donors (Lipinski definition) is 1. The Labute approximate surface area is 178 Å². The maximum absolute atomic E-state index is 5.18. The molecule has 7 heteroatoms. The molecule has 1 aromatic carbocycles. The van der Waals surface area contributed by atoms with Gasteiger partial charge < -0.3 is 14.7 Å². The van der Waals surface area contributed by atoms with Gasteiger partial charge in [-0.1, -0.05) is 48.8 Å². The lowest BCUT2D eigenvalue weighted by Crippen LogP contribution is -2.48. The van der Waals surface area contributed by atoms with Crippen LogP contribution in [0.25, 0.3) is 0 Å². The van der Waals surface area contributed by atoms with Crippen LogP contribution in [-0.2, 0) is 6.54 Å². The lowest BCUT2D eigenvalue weighted by molar-refractivity contribution is 0.215. The van der Waals surface area contributed by atoms with E-state index in [-0.39, 0.29) is 24.0 Å². The van der Waals surface area contributed by atoms with Crippen molar-refractivity contribution in [3.8, 4) is 0 Å². The molecule has 1 fully saturated rings. The number of rotatable bonds is 5. The zero-order chi connectivity index (χ0) is 18.4. The van der Waals surface area contributed by atoms with Crippen LogP contribution in [-0.4, -0.2) is 40.6 Å². The number of benzene rings is 1. The third-order valence-electron chi connectivity index (χ3n) is 5.05. The lowest BCUT2D eigenvalue weighted by Gasteiger charge is -2.40. The molecule has 1 aromatic heterocycles. The highest BCUT2D eigenvalue weighted by molar-refractivity contribution is 14.0. The summed E-state index contributed by atoms with van der Waals surface area (Å²) in [6.45, 7) is 9.49. The maximum Gasteiger partial charge on any atom is 0.248 e. The van der Waals surface area contributed by atoms with Gasteiger partial charge in [0.1, 0.15) is 6.54 Å². The van der Waals surface area contributed by atoms with Crippen LogP contribution in [0.15, 0.2) is 39.8 Å². The average Bonchev–Trinajstić information content (AvgIpc) is 3.10. The van der Waals surface area contributed by atoms with Gasteiger partial charge in [-0.15, -0.1) is 24.0 Å². The molecular weight excluding hydrogens is 453 g/mol. The second kappa shape index (κ2) is 10.6. The highest BCUT2D eigenvalue weighted by atomic mass is 127. The van der Waals surface area contributed by atoms with Gasteiger partial charge in [0.2, 0.25) is 5.89 Å². The van der Waals surface area contributed by atoms with E-state index in [0.717, 1.165) is 32.0 Å². The predicted octanol–water partition coefficient (Wildman–Crippen LogP) is 3.98. The van der Waals surface area contributed by atoms with Crippen molar-refractivity contribution < 1.29 is 4.52 Å². The number of aliphatic imine (C=N–C) groups is 1. The number of nitrogens with one attached hydrogen (secondary N) is 1. The van der Waals surface area contributed by atoms with E-state index < -0.39 is 0 Å². The standard InChI is InChI=1S/C20H29N5O.HI/c1-4-16-14-25(12-11-18(16)17-9-7-6-8-10-17)20(21-5-2)22-13-19-23-15(3)24-26-19;/h6-10,16,18H,4-5,11-14H2,1-3H3,(H,21,22);1H. The smallest absolute Gasteiger partial charge is 0.248 e. The maximum atomic E-state index is 5.18. The molecular formula is C20H30IN5O. The van der Waals surface area contributed by atoms with Gasteiger partial charge in [0.05, 0.1) is 0 Å². The number of aromatic nitrogens is 2. The zero-order valence-corrected chi connectivity index (χ0v) is 18.7. The lowest BCUT2D eigenvalue weighted by atomic mass is 9.79. The van der Waals surface area contributed by atoms with Crippen molar-refractivity contribution in [2.45, 2.75) is 46.1 Å². The van der Waals surface area contributed by atoms with Crippen LogP contribution >= 0.6 is 24.0 Å². The Balaban J connectivity index is 0.00000261. The summed E-state index contributed by atoms with van der Waals surface area (Å²) in [6, 6.07) is 10.9. The van der Waals surface area contributed by atoms with E-state index in [1.165, 1.54) is 12.0 Å². The molecule has 1 saturated heterocycles. The number of likely N-dealkylation sites (tertiary alicyclic amines) is 1. The fourth-order valence-electron chi connectivity index (χ4n) is 3.75. The first kappa shape index (κ1) is 21.7. The van der Waals surface area contributed by atoms with E-state index in [0.29, 0.717) is 30.1 Å². The van der Waals surface area contributed by atoms with Crippen LogP contribution in [0.2, 0.25) is 0 Å². The van der Waals surface area contributed by atoms with Crippen molar-refractivity contribution in [2.75, 3.05) is 19.6 Å². The summed E-state index contributed by atoms with van der Waals surface area (Å²) in [5.41, 5.74) is 1.46. The third-order valence-corrected chi connectivity index (χ3v) is 5.05. The van der Waals surface area contributed by atoms with Crippen molar-refractivity contribution >= 4 is 29.9 Å². The van der Waals surface area contributed by atoms with Gasteiger partial charge >= 0.3 is 0 Å². The van der Waals surface area contributed by atoms with E-state index in [4.69, 9.17) is 9.52 Å². The molecule has 6 nitrogen and oxygen atoms in total. The number of aryl methyl sites for hydroxylation is 1. The molecule has 0 bridgehead atoms. The quantitative estimate of drug-likeness (QED) is 0.396. The highest BCUT2D eigenvalue weighted by Gasteiger charge is 2.30. The van der Waals surface area contributed by atoms with Crippen LogP contribution in [0.5, 0.6) is 0 Å². The fourth-order valence-corrected chi connectivity index (χ4v) is 3.75. The van der Waals surface area contributed by atoms with Gasteiger partial charge in [-0.2, -0.15) is 4.98 Å². The molecule has 27 heavy (non-hydrogen) atoms. The monoisotopic (exact) mass is 483 g/mol. The minimum absolute atomic E-state index is 0. The molecule has 1 aliphatic rings. The Hall–Kier alpha value is -1.64. The van der Waals surface area contributed by atoms with Crippen molar-refractivity contribution in [1.29, 1.82) is 0 Å². The topological polar surface area (TPSA) is 66.5 Å². The molecule has 2 unspecified atom stereocenters. The van der Waals surface area contributed by atoms with Gasteiger partial charge in [-0.05, 0) is 37.7 Å². The molecule has 2 heterocycles. The van der Waals surface area contributed by atoms with Crippen LogP contribution in [0, 0.1) is 12.8 Å². The molecule has 2 aromatic rings. The summed E-state index contributed by atoms with van der Waals surface area (Å²) < 4.78 is 5.18. The number of guanidine groups is 1. The second-order valence-electron chi connectivity index (χ2n) is 6.83. The molecule has 2 atom stereocenters. The highest BCUT2D eigenvalue weighted by Crippen LogP contribution is 2.34. The Morgan fingerprint density at radius 1 is 1.30 bits per heavy atom. The normalized spacial score (nSPS) is 20.3. The number of halogens is 1. The summed E-state index contributed by atoms with van der Waals surface area (Å²) in [5.74, 6) is 3.40. The number of nitrogens with zero attached hydrogens (tertiary/aromatic N) is 4. The Bertz CT molecular complexity index is 718. The average molecular weight is 483 g/mol. The molecule has 3 rings (SSSR count). The number of hydrogen-bond acceptors (Lipinski definition) is 4. The van der Waals surface area contributed by atoms with Crippen molar-refractivity contribution in [3.05, 3.63) is 47.6 Å². The van der Waals surface area contributed by atoms with Crippen molar-refractivity contribution in [2.24, 2.45) is 10.9 Å². The van der Waals surface area contributed by atoms with Gasteiger partial charge in [-0.25, -0.2) is 4.99 Å². The zero-order valence-electron chi connectivity index (χ0n) is 16.4. The fraction of sp³-hybridized carbons (Fsp3) is 0.550. The molecule has 1 aliphatic heterocycles. The SMILES string of the molecule is CCNC(=NCc1nc(C)no1)N1CCC(c2ccccc2)C(CC)C1.I. The van der Waals surface area contributed by atoms with E-state index in [1.807, 2.05) is 6.92 Å². The van der Waals surface area contributed by atoms with Crippen LogP contribution in [0.3, 0.4) is 0 Å². The number of piperidine rings is 1. The van der Waals surface area contributed by atoms with Crippen LogP contribution in [0.4, 0.5) is 0 Å². The van der Waals surface area contributed by atoms with E-state index in [1.54, 1.807) is 0 Å². The van der Waals surface area contributed by atoms with E-state index in [9.17, 15) is 0 Å². The van der Waals surface area contributed by atoms with Gasteiger partial charge in [0.25, 0.3) is 0 Å². The van der Waals surface area contributed by atoms with Crippen molar-refractivity contribution in [1.82, 2.24) is 20.4 Å². The van der Waals surface area contributed by atoms with Gasteiger partial charge in [0, 0.05) is 19.6 Å². The Morgan fingerprint density at radius 2 is 2.07 bits per heavy atom. The van der Waals surface area contributed by atoms with Crippen molar-refractivity contribution in [3.63, 3.8) is 0 Å². The first-order valence-electron chi connectivity index (χ1n) is 9.58. The summed E-state index contributed by atoms with van der Waals surface area (Å²) in [5, 5.41) is 7.25. The first-order valence-corrected chi connectivity index (χ1v) is 9.58. The minimum Gasteiger partial charge on any atom is -0.357 e. The molecule has 148 valence electrons. The van der Waals surface area contributed by atoms with E-state index >= 15 is 0 Å². The molecule has 0 aliphatic carbocycles. The molecule has 0 amide bonds. The molecule has 0 saturated carbocycles. The van der Waals surface area contributed by atoms with E-state index in [2.05, 4.69) is 64.5 Å². The third kappa shape index (κ3) is 5.67. The molecule has 0 radical (unpaired) electrons. The van der Waals surface area contributed by atoms with Gasteiger partial charge in [0.15, 0.2) is 11.8 Å².